The van der Waals surface area contributed by atoms with E-state index in [1.54, 1.807) is 12.1 Å². The second-order valence-electron chi connectivity index (χ2n) is 8.13. The minimum absolute atomic E-state index is 0.217. The summed E-state index contributed by atoms with van der Waals surface area (Å²) in [6, 6.07) is 11.3. The van der Waals surface area contributed by atoms with Gasteiger partial charge in [-0.3, -0.25) is 14.5 Å². The average Bonchev–Trinajstić information content (AvgIpc) is 2.86. The van der Waals surface area contributed by atoms with Crippen LogP contribution in [0.3, 0.4) is 0 Å². The van der Waals surface area contributed by atoms with E-state index in [9.17, 15) is 9.59 Å². The van der Waals surface area contributed by atoms with Crippen molar-refractivity contribution in [3.8, 4) is 17.2 Å². The molecule has 0 aliphatic carbocycles. The van der Waals surface area contributed by atoms with Gasteiger partial charge < -0.3 is 30.2 Å². The Morgan fingerprint density at radius 1 is 0.971 bits per heavy atom. The molecule has 2 amide bonds. The smallest absolute Gasteiger partial charge is 0.255 e. The Balaban J connectivity index is 1.68. The predicted molar refractivity (Wildman–Crippen MR) is 129 cm³/mol. The van der Waals surface area contributed by atoms with Gasteiger partial charge in [0.2, 0.25) is 5.75 Å². The largest absolute Gasteiger partial charge is 0.493 e. The first-order chi connectivity index (χ1) is 16.4. The summed E-state index contributed by atoms with van der Waals surface area (Å²) in [7, 11) is 2.90. The number of nitrogens with two attached hydrogens (primary N) is 1. The van der Waals surface area contributed by atoms with Crippen molar-refractivity contribution in [1.82, 2.24) is 15.1 Å². The number of nitrogens with one attached hydrogen (secondary N) is 1. The van der Waals surface area contributed by atoms with Crippen LogP contribution in [-0.4, -0.2) is 75.2 Å². The number of carbonyl (C=O) groups is 2. The highest BCUT2D eigenvalue weighted by molar-refractivity contribution is 5.95. The van der Waals surface area contributed by atoms with Crippen LogP contribution in [0, 0.1) is 0 Å². The summed E-state index contributed by atoms with van der Waals surface area (Å²) in [5.41, 5.74) is 7.80. The van der Waals surface area contributed by atoms with Crippen molar-refractivity contribution in [2.45, 2.75) is 20.0 Å². The van der Waals surface area contributed by atoms with Gasteiger partial charge in [-0.2, -0.15) is 0 Å². The molecule has 1 saturated heterocycles. The minimum atomic E-state index is -0.628. The highest BCUT2D eigenvalue weighted by Gasteiger charge is 2.19. The van der Waals surface area contributed by atoms with E-state index in [1.807, 2.05) is 18.2 Å². The van der Waals surface area contributed by atoms with Gasteiger partial charge in [0.05, 0.1) is 14.2 Å². The molecule has 0 unspecified atom stereocenters. The lowest BCUT2D eigenvalue weighted by Crippen LogP contribution is -2.45. The Labute approximate surface area is 200 Å². The first-order valence-corrected chi connectivity index (χ1v) is 11.4. The average molecular weight is 471 g/mol. The molecule has 1 heterocycles. The number of hydrogen-bond acceptors (Lipinski definition) is 7. The molecule has 3 N–H and O–H groups in total. The topological polar surface area (TPSA) is 106 Å². The third kappa shape index (κ3) is 6.61. The van der Waals surface area contributed by atoms with Crippen LogP contribution in [0.15, 0.2) is 36.4 Å². The van der Waals surface area contributed by atoms with E-state index in [0.717, 1.165) is 44.8 Å². The molecule has 0 saturated carbocycles. The summed E-state index contributed by atoms with van der Waals surface area (Å²) in [6.07, 6.45) is 0. The molecule has 1 aliphatic rings. The van der Waals surface area contributed by atoms with Gasteiger partial charge in [0.15, 0.2) is 18.1 Å². The number of rotatable bonds is 11. The molecule has 1 aliphatic heterocycles. The van der Waals surface area contributed by atoms with Gasteiger partial charge in [-0.05, 0) is 29.8 Å². The van der Waals surface area contributed by atoms with Crippen molar-refractivity contribution >= 4 is 11.8 Å². The van der Waals surface area contributed by atoms with Crippen LogP contribution in [0.25, 0.3) is 0 Å². The molecule has 0 atom stereocenters. The zero-order valence-corrected chi connectivity index (χ0v) is 20.1. The predicted octanol–water partition coefficient (Wildman–Crippen LogP) is 1.64. The van der Waals surface area contributed by atoms with Crippen LogP contribution in [0.5, 0.6) is 17.2 Å². The number of likely N-dealkylation sites (N-methyl/N-ethyl adjacent to an activating group) is 1. The van der Waals surface area contributed by atoms with Crippen LogP contribution in [0.1, 0.15) is 28.4 Å². The molecule has 0 bridgehead atoms. The fourth-order valence-corrected chi connectivity index (χ4v) is 3.96. The van der Waals surface area contributed by atoms with E-state index >= 15 is 0 Å². The monoisotopic (exact) mass is 470 g/mol. The number of amides is 2. The third-order valence-electron chi connectivity index (χ3n) is 5.95. The normalized spacial score (nSPS) is 14.4. The number of carbonyl (C=O) groups excluding carboxylic acids is 2. The van der Waals surface area contributed by atoms with Crippen molar-refractivity contribution in [3.63, 3.8) is 0 Å². The second-order valence-corrected chi connectivity index (χ2v) is 8.13. The highest BCUT2D eigenvalue weighted by atomic mass is 16.5. The maximum absolute atomic E-state index is 12.9. The number of ether oxygens (including phenoxy) is 3. The van der Waals surface area contributed by atoms with Gasteiger partial charge >= 0.3 is 0 Å². The van der Waals surface area contributed by atoms with Crippen molar-refractivity contribution < 1.29 is 23.8 Å². The van der Waals surface area contributed by atoms with Gasteiger partial charge in [-0.1, -0.05) is 31.2 Å². The first-order valence-electron chi connectivity index (χ1n) is 11.4. The fourth-order valence-electron chi connectivity index (χ4n) is 3.96. The molecule has 0 aromatic heterocycles. The lowest BCUT2D eigenvalue weighted by Gasteiger charge is -2.34. The minimum Gasteiger partial charge on any atom is -0.493 e. The van der Waals surface area contributed by atoms with Crippen LogP contribution in [0.2, 0.25) is 0 Å². The maximum Gasteiger partial charge on any atom is 0.255 e. The Morgan fingerprint density at radius 2 is 1.56 bits per heavy atom. The molecule has 34 heavy (non-hydrogen) atoms. The highest BCUT2D eigenvalue weighted by Crippen LogP contribution is 2.38. The number of piperazine rings is 1. The fraction of sp³-hybridized carbons (Fsp3) is 0.440. The van der Waals surface area contributed by atoms with Crippen LogP contribution in [0.4, 0.5) is 0 Å². The Kier molecular flexibility index (Phi) is 9.12. The van der Waals surface area contributed by atoms with Gasteiger partial charge in [-0.25, -0.2) is 0 Å². The van der Waals surface area contributed by atoms with Crippen LogP contribution < -0.4 is 25.3 Å². The van der Waals surface area contributed by atoms with E-state index in [0.29, 0.717) is 12.1 Å². The Morgan fingerprint density at radius 3 is 2.12 bits per heavy atom. The number of nitrogens with zero attached hydrogens (tertiary/aromatic N) is 2. The van der Waals surface area contributed by atoms with Gasteiger partial charge in [0.1, 0.15) is 0 Å². The Bertz CT molecular complexity index is 964. The molecule has 184 valence electrons. The molecule has 0 spiro atoms. The third-order valence-corrected chi connectivity index (χ3v) is 5.95. The zero-order chi connectivity index (χ0) is 24.5. The molecular weight excluding hydrogens is 436 g/mol. The lowest BCUT2D eigenvalue weighted by atomic mass is 10.1. The summed E-state index contributed by atoms with van der Waals surface area (Å²) in [5.74, 6) is -0.134. The van der Waals surface area contributed by atoms with Gasteiger partial charge in [0, 0.05) is 44.8 Å². The molecular formula is C25H34N4O5. The number of benzene rings is 2. The second kappa shape index (κ2) is 12.2. The summed E-state index contributed by atoms with van der Waals surface area (Å²) < 4.78 is 16.1. The van der Waals surface area contributed by atoms with Crippen LogP contribution in [-0.2, 0) is 17.9 Å². The van der Waals surface area contributed by atoms with Crippen molar-refractivity contribution in [3.05, 3.63) is 53.1 Å². The quantitative estimate of drug-likeness (QED) is 0.514. The number of methoxy groups -OCH3 is 2. The van der Waals surface area contributed by atoms with E-state index < -0.39 is 5.91 Å². The molecule has 2 aromatic carbocycles. The molecule has 3 rings (SSSR count). The first kappa shape index (κ1) is 25.3. The molecule has 2 aromatic rings. The van der Waals surface area contributed by atoms with E-state index in [1.165, 1.54) is 19.8 Å². The summed E-state index contributed by atoms with van der Waals surface area (Å²) in [4.78, 5) is 28.9. The SMILES string of the molecule is CCN1CCN(Cc2ccccc2CNC(=O)c2cc(OC)c(OCC(N)=O)c(OC)c2)CC1. The molecule has 9 heteroatoms. The van der Waals surface area contributed by atoms with Crippen LogP contribution >= 0.6 is 0 Å². The van der Waals surface area contributed by atoms with E-state index in [4.69, 9.17) is 19.9 Å². The van der Waals surface area contributed by atoms with E-state index in [-0.39, 0.29) is 29.8 Å². The van der Waals surface area contributed by atoms with Crippen molar-refractivity contribution in [2.75, 3.05) is 53.6 Å². The lowest BCUT2D eigenvalue weighted by molar-refractivity contribution is -0.120. The van der Waals surface area contributed by atoms with Crippen molar-refractivity contribution in [2.24, 2.45) is 5.73 Å². The van der Waals surface area contributed by atoms with Crippen molar-refractivity contribution in [1.29, 1.82) is 0 Å². The molecule has 1 fully saturated rings. The van der Waals surface area contributed by atoms with Gasteiger partial charge in [0.25, 0.3) is 11.8 Å². The zero-order valence-electron chi connectivity index (χ0n) is 20.1. The summed E-state index contributed by atoms with van der Waals surface area (Å²) >= 11 is 0. The summed E-state index contributed by atoms with van der Waals surface area (Å²) in [6.45, 7) is 8.45. The number of hydrogen-bond donors (Lipinski definition) is 2. The van der Waals surface area contributed by atoms with Gasteiger partial charge in [-0.15, -0.1) is 0 Å². The number of primary amides is 1. The summed E-state index contributed by atoms with van der Waals surface area (Å²) in [5, 5.41) is 2.99. The van der Waals surface area contributed by atoms with E-state index in [2.05, 4.69) is 28.1 Å². The Hall–Kier alpha value is -3.30. The maximum atomic E-state index is 12.9. The molecule has 9 nitrogen and oxygen atoms in total. The standard InChI is InChI=1S/C25H34N4O5/c1-4-28-9-11-29(12-10-28)16-19-8-6-5-7-18(19)15-27-25(31)20-13-21(32-2)24(22(14-20)33-3)34-17-23(26)30/h5-8,13-14H,4,9-12,15-17H2,1-3H3,(H2,26,30)(H,27,31). The molecule has 0 radical (unpaired) electrons.